The number of methoxy groups -OCH3 is 1. The lowest BCUT2D eigenvalue weighted by atomic mass is 10.1. The van der Waals surface area contributed by atoms with Crippen LogP contribution in [0.25, 0.3) is 15.3 Å². The fourth-order valence-electron chi connectivity index (χ4n) is 3.20. The molecule has 0 aliphatic heterocycles. The van der Waals surface area contributed by atoms with Gasteiger partial charge >= 0.3 is 5.97 Å². The second-order valence-corrected chi connectivity index (χ2v) is 8.23. The number of aromatic amines is 1. The Morgan fingerprint density at radius 1 is 1.23 bits per heavy atom. The van der Waals surface area contributed by atoms with Gasteiger partial charge in [0.15, 0.2) is 0 Å². The third kappa shape index (κ3) is 4.30. The summed E-state index contributed by atoms with van der Waals surface area (Å²) in [6, 6.07) is 15.0. The molecular weight excluding hydrogens is 436 g/mol. The van der Waals surface area contributed by atoms with E-state index in [1.165, 1.54) is 23.1 Å². The molecule has 7 nitrogen and oxygen atoms in total. The van der Waals surface area contributed by atoms with Gasteiger partial charge in [-0.25, -0.2) is 4.98 Å². The highest BCUT2D eigenvalue weighted by Gasteiger charge is 2.21. The van der Waals surface area contributed by atoms with E-state index in [9.17, 15) is 9.59 Å². The number of para-hydroxylation sites is 1. The molecule has 31 heavy (non-hydrogen) atoms. The van der Waals surface area contributed by atoms with Gasteiger partial charge in [-0.2, -0.15) is 4.68 Å². The number of carbonyl (C=O) groups is 1. The van der Waals surface area contributed by atoms with Crippen molar-refractivity contribution in [1.29, 1.82) is 0 Å². The van der Waals surface area contributed by atoms with E-state index in [1.807, 2.05) is 42.5 Å². The number of thiazole rings is 1. The minimum atomic E-state index is -0.460. The third-order valence-corrected chi connectivity index (χ3v) is 6.18. The molecule has 0 spiro atoms. The molecule has 0 amide bonds. The molecule has 0 unspecified atom stereocenters. The average molecular weight is 455 g/mol. The van der Waals surface area contributed by atoms with Crippen molar-refractivity contribution in [2.24, 2.45) is 4.99 Å². The molecule has 2 aromatic carbocycles. The first-order valence-electron chi connectivity index (χ1n) is 9.49. The first-order valence-corrected chi connectivity index (χ1v) is 10.7. The first-order chi connectivity index (χ1) is 15.0. The minimum absolute atomic E-state index is 0.0854. The number of hydrogen-bond acceptors (Lipinski definition) is 6. The zero-order valence-corrected chi connectivity index (χ0v) is 18.5. The molecule has 0 saturated heterocycles. The minimum Gasteiger partial charge on any atom is -0.469 e. The maximum Gasteiger partial charge on any atom is 0.311 e. The van der Waals surface area contributed by atoms with E-state index in [-0.39, 0.29) is 12.0 Å². The molecule has 0 aliphatic carbocycles. The molecule has 4 rings (SSSR count). The van der Waals surface area contributed by atoms with Crippen LogP contribution in [0.3, 0.4) is 0 Å². The molecule has 2 aromatic heterocycles. The Kier molecular flexibility index (Phi) is 6.01. The van der Waals surface area contributed by atoms with Crippen molar-refractivity contribution in [2.75, 3.05) is 7.11 Å². The number of nitrogens with one attached hydrogen (secondary N) is 1. The van der Waals surface area contributed by atoms with Crippen molar-refractivity contribution in [2.45, 2.75) is 19.9 Å². The Balaban J connectivity index is 1.78. The molecular formula is C22H19ClN4O3S. The van der Waals surface area contributed by atoms with E-state index in [2.05, 4.69) is 15.1 Å². The van der Waals surface area contributed by atoms with Crippen LogP contribution < -0.4 is 5.56 Å². The maximum atomic E-state index is 13.3. The van der Waals surface area contributed by atoms with Gasteiger partial charge in [0.2, 0.25) is 5.13 Å². The number of rotatable bonds is 6. The van der Waals surface area contributed by atoms with Crippen LogP contribution in [0.15, 0.2) is 58.3 Å². The number of benzene rings is 2. The molecule has 0 aliphatic rings. The van der Waals surface area contributed by atoms with E-state index in [1.54, 1.807) is 13.0 Å². The molecule has 158 valence electrons. The lowest BCUT2D eigenvalue weighted by Crippen LogP contribution is -2.20. The van der Waals surface area contributed by atoms with Crippen molar-refractivity contribution in [3.05, 3.63) is 80.7 Å². The maximum absolute atomic E-state index is 13.3. The zero-order valence-electron chi connectivity index (χ0n) is 16.9. The van der Waals surface area contributed by atoms with Gasteiger partial charge < -0.3 is 4.74 Å². The number of nitrogens with zero attached hydrogens (tertiary/aromatic N) is 3. The lowest BCUT2D eigenvalue weighted by molar-refractivity contribution is -0.139. The third-order valence-electron chi connectivity index (χ3n) is 4.79. The first kappa shape index (κ1) is 21.0. The fraction of sp³-hybridized carbons (Fsp3) is 0.182. The van der Waals surface area contributed by atoms with Crippen molar-refractivity contribution >= 4 is 44.8 Å². The average Bonchev–Trinajstić information content (AvgIpc) is 3.33. The highest BCUT2D eigenvalue weighted by Crippen LogP contribution is 2.24. The zero-order chi connectivity index (χ0) is 22.0. The number of aromatic nitrogens is 3. The SMILES string of the molecule is COC(=O)Cc1[nH]n(-c2nc3ccccc3s2)c(=O)c1C(C)=NCc1ccccc1Cl. The van der Waals surface area contributed by atoms with Crippen LogP contribution in [0.4, 0.5) is 0 Å². The van der Waals surface area contributed by atoms with Gasteiger partial charge in [-0.05, 0) is 30.7 Å². The molecule has 0 saturated carbocycles. The molecule has 1 N–H and O–H groups in total. The van der Waals surface area contributed by atoms with Crippen molar-refractivity contribution in [3.8, 4) is 5.13 Å². The van der Waals surface area contributed by atoms with Crippen molar-refractivity contribution < 1.29 is 9.53 Å². The summed E-state index contributed by atoms with van der Waals surface area (Å²) in [5.74, 6) is -0.460. The fourth-order valence-corrected chi connectivity index (χ4v) is 4.32. The Morgan fingerprint density at radius 3 is 2.71 bits per heavy atom. The monoisotopic (exact) mass is 454 g/mol. The van der Waals surface area contributed by atoms with Crippen LogP contribution in [0.5, 0.6) is 0 Å². The van der Waals surface area contributed by atoms with Gasteiger partial charge in [-0.15, -0.1) is 0 Å². The van der Waals surface area contributed by atoms with Crippen LogP contribution in [-0.4, -0.2) is 33.6 Å². The Morgan fingerprint density at radius 2 is 1.97 bits per heavy atom. The summed E-state index contributed by atoms with van der Waals surface area (Å²) in [7, 11) is 1.31. The number of ether oxygens (including phenoxy) is 1. The van der Waals surface area contributed by atoms with Crippen LogP contribution in [0.1, 0.15) is 23.7 Å². The molecule has 0 atom stereocenters. The summed E-state index contributed by atoms with van der Waals surface area (Å²) in [5, 5.41) is 4.12. The molecule has 0 fully saturated rings. The van der Waals surface area contributed by atoms with Crippen molar-refractivity contribution in [3.63, 3.8) is 0 Å². The van der Waals surface area contributed by atoms with Gasteiger partial charge in [-0.3, -0.25) is 19.7 Å². The summed E-state index contributed by atoms with van der Waals surface area (Å²) in [6.45, 7) is 2.06. The number of halogens is 1. The number of H-pyrrole nitrogens is 1. The Hall–Kier alpha value is -3.23. The molecule has 4 aromatic rings. The summed E-state index contributed by atoms with van der Waals surface area (Å²) in [4.78, 5) is 34.3. The second kappa shape index (κ2) is 8.87. The van der Waals surface area contributed by atoms with Gasteiger partial charge in [0.25, 0.3) is 5.56 Å². The van der Waals surface area contributed by atoms with Crippen LogP contribution >= 0.6 is 22.9 Å². The second-order valence-electron chi connectivity index (χ2n) is 6.82. The predicted octanol–water partition coefficient (Wildman–Crippen LogP) is 4.15. The largest absolute Gasteiger partial charge is 0.469 e. The van der Waals surface area contributed by atoms with Crippen LogP contribution in [-0.2, 0) is 22.5 Å². The molecule has 0 bridgehead atoms. The number of hydrogen-bond donors (Lipinski definition) is 1. The van der Waals surface area contributed by atoms with Gasteiger partial charge in [0.1, 0.15) is 0 Å². The highest BCUT2D eigenvalue weighted by atomic mass is 35.5. The van der Waals surface area contributed by atoms with Gasteiger partial charge in [-0.1, -0.05) is 53.3 Å². The Labute approximate surface area is 187 Å². The standard InChI is InChI=1S/C22H19ClN4O3S/c1-13(24-12-14-7-3-4-8-15(14)23)20-17(11-19(28)30-2)26-27(21(20)29)22-25-16-9-5-6-10-18(16)31-22/h3-10,26H,11-12H2,1-2H3. The van der Waals surface area contributed by atoms with Crippen LogP contribution in [0.2, 0.25) is 5.02 Å². The summed E-state index contributed by atoms with van der Waals surface area (Å²) >= 11 is 7.60. The lowest BCUT2D eigenvalue weighted by Gasteiger charge is -2.03. The normalized spacial score (nSPS) is 11.8. The van der Waals surface area contributed by atoms with Gasteiger partial charge in [0, 0.05) is 10.7 Å². The quantitative estimate of drug-likeness (QED) is 0.350. The molecule has 9 heteroatoms. The Bertz CT molecular complexity index is 1320. The number of carbonyl (C=O) groups excluding carboxylic acids is 1. The number of fused-ring (bicyclic) bond motifs is 1. The van der Waals surface area contributed by atoms with Crippen LogP contribution in [0, 0.1) is 0 Å². The molecule has 0 radical (unpaired) electrons. The predicted molar refractivity (Wildman–Crippen MR) is 123 cm³/mol. The summed E-state index contributed by atoms with van der Waals surface area (Å²) < 4.78 is 7.11. The summed E-state index contributed by atoms with van der Waals surface area (Å²) in [6.07, 6.45) is -0.0854. The van der Waals surface area contributed by atoms with E-state index in [4.69, 9.17) is 16.3 Å². The number of esters is 1. The highest BCUT2D eigenvalue weighted by molar-refractivity contribution is 7.20. The number of aliphatic imine (C=N–C) groups is 1. The van der Waals surface area contributed by atoms with Crippen molar-refractivity contribution in [1.82, 2.24) is 14.8 Å². The van der Waals surface area contributed by atoms with E-state index in [0.29, 0.717) is 33.7 Å². The molecule has 2 heterocycles. The smallest absolute Gasteiger partial charge is 0.311 e. The van der Waals surface area contributed by atoms with E-state index < -0.39 is 5.97 Å². The van der Waals surface area contributed by atoms with E-state index >= 15 is 0 Å². The topological polar surface area (TPSA) is 89.3 Å². The van der Waals surface area contributed by atoms with E-state index in [0.717, 1.165) is 15.8 Å². The summed E-state index contributed by atoms with van der Waals surface area (Å²) in [5.41, 5.74) is 2.58. The van der Waals surface area contributed by atoms with Gasteiger partial charge in [0.05, 0.1) is 41.5 Å².